The average Bonchev–Trinajstić information content (AvgIpc) is 2.20. The fourth-order valence-corrected chi connectivity index (χ4v) is 0.810. The van der Waals surface area contributed by atoms with Crippen LogP contribution in [-0.2, 0) is 0 Å². The molecule has 0 spiro atoms. The van der Waals surface area contributed by atoms with E-state index in [2.05, 4.69) is 16.4 Å². The Labute approximate surface area is 79.4 Å². The lowest BCUT2D eigenvalue weighted by Gasteiger charge is -2.00. The first-order valence-electron chi connectivity index (χ1n) is 4.32. The van der Waals surface area contributed by atoms with Crippen LogP contribution >= 0.6 is 0 Å². The van der Waals surface area contributed by atoms with Crippen LogP contribution in [0.4, 0.5) is 5.82 Å². The van der Waals surface area contributed by atoms with E-state index in [1.54, 1.807) is 13.2 Å². The van der Waals surface area contributed by atoms with Crippen molar-refractivity contribution in [2.45, 2.75) is 20.8 Å². The summed E-state index contributed by atoms with van der Waals surface area (Å²) in [6, 6.07) is 3.90. The molecule has 0 saturated carbocycles. The van der Waals surface area contributed by atoms with Crippen LogP contribution in [-0.4, -0.2) is 12.0 Å². The molecule has 3 heteroatoms. The number of nitrogens with zero attached hydrogens (tertiary/aromatic N) is 2. The largest absolute Gasteiger partial charge is 0.373 e. The quantitative estimate of drug-likeness (QED) is 0.716. The third-order valence-electron chi connectivity index (χ3n) is 1.49. The van der Waals surface area contributed by atoms with Gasteiger partial charge in [0.25, 0.3) is 0 Å². The van der Waals surface area contributed by atoms with Crippen molar-refractivity contribution in [1.82, 2.24) is 4.98 Å². The molecule has 1 N–H and O–H groups in total. The molecule has 1 rings (SSSR count). The van der Waals surface area contributed by atoms with Gasteiger partial charge in [0.1, 0.15) is 11.9 Å². The van der Waals surface area contributed by atoms with Gasteiger partial charge >= 0.3 is 0 Å². The van der Waals surface area contributed by atoms with Gasteiger partial charge in [0, 0.05) is 13.2 Å². The molecule has 0 bridgehead atoms. The summed E-state index contributed by atoms with van der Waals surface area (Å²) in [5.41, 5.74) is 1.58. The van der Waals surface area contributed by atoms with Crippen molar-refractivity contribution in [3.05, 3.63) is 23.4 Å². The summed E-state index contributed by atoms with van der Waals surface area (Å²) in [5, 5.41) is 11.5. The predicted octanol–water partition coefficient (Wildman–Crippen LogP) is 2.33. The Kier molecular flexibility index (Phi) is 5.29. The SMILES string of the molecule is CC.CNc1cc(C)c(C#N)cn1. The van der Waals surface area contributed by atoms with Gasteiger partial charge in [-0.2, -0.15) is 5.26 Å². The molecule has 0 radical (unpaired) electrons. The lowest BCUT2D eigenvalue weighted by Crippen LogP contribution is -1.93. The second-order valence-electron chi connectivity index (χ2n) is 2.25. The fourth-order valence-electron chi connectivity index (χ4n) is 0.810. The lowest BCUT2D eigenvalue weighted by molar-refractivity contribution is 1.23. The Hall–Kier alpha value is -1.56. The number of aromatic nitrogens is 1. The van der Waals surface area contributed by atoms with E-state index in [1.807, 2.05) is 26.8 Å². The van der Waals surface area contributed by atoms with Crippen molar-refractivity contribution in [2.24, 2.45) is 0 Å². The molecular weight excluding hydrogens is 162 g/mol. The summed E-state index contributed by atoms with van der Waals surface area (Å²) >= 11 is 0. The summed E-state index contributed by atoms with van der Waals surface area (Å²) in [7, 11) is 1.80. The molecule has 0 aliphatic heterocycles. The van der Waals surface area contributed by atoms with Crippen LogP contribution in [0.3, 0.4) is 0 Å². The summed E-state index contributed by atoms with van der Waals surface area (Å²) in [6.07, 6.45) is 1.57. The van der Waals surface area contributed by atoms with Crippen molar-refractivity contribution < 1.29 is 0 Å². The highest BCUT2D eigenvalue weighted by molar-refractivity contribution is 5.44. The van der Waals surface area contributed by atoms with Crippen LogP contribution in [0.2, 0.25) is 0 Å². The van der Waals surface area contributed by atoms with E-state index in [-0.39, 0.29) is 0 Å². The summed E-state index contributed by atoms with van der Waals surface area (Å²) in [4.78, 5) is 4.00. The zero-order valence-corrected chi connectivity index (χ0v) is 8.55. The molecule has 1 heterocycles. The highest BCUT2D eigenvalue weighted by Gasteiger charge is 1.97. The maximum atomic E-state index is 8.57. The van der Waals surface area contributed by atoms with Crippen molar-refractivity contribution in [1.29, 1.82) is 5.26 Å². The highest BCUT2D eigenvalue weighted by Crippen LogP contribution is 2.09. The highest BCUT2D eigenvalue weighted by atomic mass is 14.9. The van der Waals surface area contributed by atoms with Crippen molar-refractivity contribution in [3.8, 4) is 6.07 Å². The molecule has 0 unspecified atom stereocenters. The van der Waals surface area contributed by atoms with Gasteiger partial charge in [-0.3, -0.25) is 0 Å². The molecule has 0 aliphatic rings. The van der Waals surface area contributed by atoms with Gasteiger partial charge in [-0.25, -0.2) is 4.98 Å². The molecule has 0 amide bonds. The minimum absolute atomic E-state index is 0.629. The van der Waals surface area contributed by atoms with Crippen LogP contribution in [0, 0.1) is 18.3 Å². The fraction of sp³-hybridized carbons (Fsp3) is 0.400. The van der Waals surface area contributed by atoms with Crippen LogP contribution in [0.15, 0.2) is 12.3 Å². The van der Waals surface area contributed by atoms with Gasteiger partial charge in [-0.15, -0.1) is 0 Å². The van der Waals surface area contributed by atoms with Crippen LogP contribution in [0.5, 0.6) is 0 Å². The molecular formula is C10H15N3. The van der Waals surface area contributed by atoms with E-state index < -0.39 is 0 Å². The normalized spacial score (nSPS) is 7.92. The van der Waals surface area contributed by atoms with Gasteiger partial charge < -0.3 is 5.32 Å². The Morgan fingerprint density at radius 1 is 1.46 bits per heavy atom. The van der Waals surface area contributed by atoms with E-state index in [4.69, 9.17) is 5.26 Å². The topological polar surface area (TPSA) is 48.7 Å². The molecule has 1 aromatic heterocycles. The third-order valence-corrected chi connectivity index (χ3v) is 1.49. The van der Waals surface area contributed by atoms with Gasteiger partial charge in [-0.1, -0.05) is 13.8 Å². The van der Waals surface area contributed by atoms with E-state index in [1.165, 1.54) is 0 Å². The second-order valence-corrected chi connectivity index (χ2v) is 2.25. The standard InChI is InChI=1S/C8H9N3.C2H6/c1-6-3-8(10-2)11-5-7(6)4-9;1-2/h3,5H,1-2H3,(H,10,11);1-2H3. The maximum Gasteiger partial charge on any atom is 0.125 e. The average molecular weight is 177 g/mol. The predicted molar refractivity (Wildman–Crippen MR) is 54.6 cm³/mol. The Morgan fingerprint density at radius 2 is 2.08 bits per heavy atom. The Morgan fingerprint density at radius 3 is 2.46 bits per heavy atom. The van der Waals surface area contributed by atoms with Gasteiger partial charge in [0.2, 0.25) is 0 Å². The summed E-state index contributed by atoms with van der Waals surface area (Å²) < 4.78 is 0. The molecule has 3 nitrogen and oxygen atoms in total. The number of anilines is 1. The smallest absolute Gasteiger partial charge is 0.125 e. The van der Waals surface area contributed by atoms with E-state index in [0.717, 1.165) is 11.4 Å². The zero-order valence-electron chi connectivity index (χ0n) is 8.55. The molecule has 0 saturated heterocycles. The second kappa shape index (κ2) is 6.01. The van der Waals surface area contributed by atoms with Gasteiger partial charge in [0.15, 0.2) is 0 Å². The molecule has 0 aliphatic carbocycles. The lowest BCUT2D eigenvalue weighted by atomic mass is 10.2. The first-order valence-corrected chi connectivity index (χ1v) is 4.32. The summed E-state index contributed by atoms with van der Waals surface area (Å²) in [5.74, 6) is 0.793. The number of nitriles is 1. The monoisotopic (exact) mass is 177 g/mol. The van der Waals surface area contributed by atoms with Crippen molar-refractivity contribution >= 4 is 5.82 Å². The molecule has 13 heavy (non-hydrogen) atoms. The summed E-state index contributed by atoms with van der Waals surface area (Å²) in [6.45, 7) is 5.89. The van der Waals surface area contributed by atoms with Crippen molar-refractivity contribution in [3.63, 3.8) is 0 Å². The maximum absolute atomic E-state index is 8.57. The first-order chi connectivity index (χ1) is 6.27. The molecule has 0 aromatic carbocycles. The number of aryl methyl sites for hydroxylation is 1. The zero-order chi connectivity index (χ0) is 10.3. The number of rotatable bonds is 1. The molecule has 0 fully saturated rings. The number of nitrogens with one attached hydrogen (secondary N) is 1. The van der Waals surface area contributed by atoms with Crippen molar-refractivity contribution in [2.75, 3.05) is 12.4 Å². The van der Waals surface area contributed by atoms with E-state index in [0.29, 0.717) is 5.56 Å². The first kappa shape index (κ1) is 11.4. The van der Waals surface area contributed by atoms with Gasteiger partial charge in [0.05, 0.1) is 5.56 Å². The van der Waals surface area contributed by atoms with E-state index in [9.17, 15) is 0 Å². The van der Waals surface area contributed by atoms with Crippen LogP contribution in [0.1, 0.15) is 25.0 Å². The Bertz CT molecular complexity index is 300. The Balaban J connectivity index is 0.000000671. The van der Waals surface area contributed by atoms with Crippen LogP contribution in [0.25, 0.3) is 0 Å². The minimum Gasteiger partial charge on any atom is -0.373 e. The number of hydrogen-bond donors (Lipinski definition) is 1. The number of hydrogen-bond acceptors (Lipinski definition) is 3. The van der Waals surface area contributed by atoms with Crippen LogP contribution < -0.4 is 5.32 Å². The molecule has 0 atom stereocenters. The minimum atomic E-state index is 0.629. The van der Waals surface area contributed by atoms with E-state index >= 15 is 0 Å². The molecule has 70 valence electrons. The number of pyridine rings is 1. The third kappa shape index (κ3) is 3.12. The molecule has 1 aromatic rings. The van der Waals surface area contributed by atoms with Gasteiger partial charge in [-0.05, 0) is 18.6 Å².